The van der Waals surface area contributed by atoms with Gasteiger partial charge in [-0.05, 0) is 52.6 Å². The minimum Gasteiger partial charge on any atom is -0.383 e. The Morgan fingerprint density at radius 2 is 2.20 bits per heavy atom. The first-order valence-electron chi connectivity index (χ1n) is 7.73. The zero-order valence-electron chi connectivity index (χ0n) is 13.4. The van der Waals surface area contributed by atoms with E-state index < -0.39 is 5.54 Å². The number of nitrogens with zero attached hydrogens (tertiary/aromatic N) is 1. The fourth-order valence-corrected chi connectivity index (χ4v) is 2.62. The standard InChI is InChI=1S/C15H31N3O2/c1-5-18(12(2)11-20-4)10-6-9-15(3,14(16)19)17-13-7-8-13/h12-13,17H,5-11H2,1-4H3,(H2,16,19). The van der Waals surface area contributed by atoms with Crippen molar-refractivity contribution in [2.75, 3.05) is 26.8 Å². The van der Waals surface area contributed by atoms with Crippen molar-refractivity contribution in [3.63, 3.8) is 0 Å². The van der Waals surface area contributed by atoms with Gasteiger partial charge < -0.3 is 15.8 Å². The molecular weight excluding hydrogens is 254 g/mol. The molecular formula is C15H31N3O2. The number of nitrogens with two attached hydrogens (primary N) is 1. The Morgan fingerprint density at radius 1 is 1.55 bits per heavy atom. The van der Waals surface area contributed by atoms with E-state index in [0.717, 1.165) is 45.4 Å². The van der Waals surface area contributed by atoms with Crippen LogP contribution in [0.3, 0.4) is 0 Å². The lowest BCUT2D eigenvalue weighted by atomic mass is 9.94. The number of likely N-dealkylation sites (N-methyl/N-ethyl adjacent to an activating group) is 1. The molecule has 1 aliphatic rings. The molecule has 3 N–H and O–H groups in total. The number of carbonyl (C=O) groups excluding carboxylic acids is 1. The van der Waals surface area contributed by atoms with Gasteiger partial charge in [-0.15, -0.1) is 0 Å². The highest BCUT2D eigenvalue weighted by molar-refractivity contribution is 5.84. The molecule has 20 heavy (non-hydrogen) atoms. The van der Waals surface area contributed by atoms with Crippen molar-refractivity contribution < 1.29 is 9.53 Å². The average molecular weight is 285 g/mol. The summed E-state index contributed by atoms with van der Waals surface area (Å²) in [6.07, 6.45) is 4.07. The van der Waals surface area contributed by atoms with E-state index in [0.29, 0.717) is 12.1 Å². The molecule has 0 heterocycles. The number of ether oxygens (including phenoxy) is 1. The van der Waals surface area contributed by atoms with Crippen LogP contribution in [0, 0.1) is 0 Å². The number of methoxy groups -OCH3 is 1. The van der Waals surface area contributed by atoms with Crippen molar-refractivity contribution >= 4 is 5.91 Å². The Kier molecular flexibility index (Phi) is 6.92. The van der Waals surface area contributed by atoms with Crippen LogP contribution >= 0.6 is 0 Å². The van der Waals surface area contributed by atoms with Gasteiger partial charge in [0.25, 0.3) is 0 Å². The summed E-state index contributed by atoms with van der Waals surface area (Å²) in [7, 11) is 1.73. The van der Waals surface area contributed by atoms with Crippen LogP contribution in [-0.2, 0) is 9.53 Å². The van der Waals surface area contributed by atoms with Crippen molar-refractivity contribution in [3.05, 3.63) is 0 Å². The number of nitrogens with one attached hydrogen (secondary N) is 1. The van der Waals surface area contributed by atoms with E-state index in [1.54, 1.807) is 7.11 Å². The first-order chi connectivity index (χ1) is 9.42. The lowest BCUT2D eigenvalue weighted by molar-refractivity contribution is -0.124. The molecule has 0 radical (unpaired) electrons. The summed E-state index contributed by atoms with van der Waals surface area (Å²) in [6, 6.07) is 0.892. The Labute approximate surface area is 123 Å². The summed E-state index contributed by atoms with van der Waals surface area (Å²) in [4.78, 5) is 14.1. The van der Waals surface area contributed by atoms with E-state index in [9.17, 15) is 4.79 Å². The predicted octanol–water partition coefficient (Wildman–Crippen LogP) is 1.12. The summed E-state index contributed by atoms with van der Waals surface area (Å²) in [5.41, 5.74) is 5.00. The maximum Gasteiger partial charge on any atom is 0.237 e. The third kappa shape index (κ3) is 5.38. The van der Waals surface area contributed by atoms with E-state index in [-0.39, 0.29) is 5.91 Å². The van der Waals surface area contributed by atoms with Gasteiger partial charge in [0.1, 0.15) is 0 Å². The molecule has 5 heteroatoms. The molecule has 1 fully saturated rings. The van der Waals surface area contributed by atoms with Gasteiger partial charge in [0, 0.05) is 19.2 Å². The van der Waals surface area contributed by atoms with Crippen LogP contribution in [0.4, 0.5) is 0 Å². The summed E-state index contributed by atoms with van der Waals surface area (Å²) in [5.74, 6) is -0.239. The Hall–Kier alpha value is -0.650. The summed E-state index contributed by atoms with van der Waals surface area (Å²) in [5, 5.41) is 3.40. The lowest BCUT2D eigenvalue weighted by Crippen LogP contribution is -2.54. The molecule has 1 rings (SSSR count). The molecule has 0 aliphatic heterocycles. The highest BCUT2D eigenvalue weighted by atomic mass is 16.5. The van der Waals surface area contributed by atoms with Crippen LogP contribution in [0.1, 0.15) is 46.5 Å². The number of hydrogen-bond acceptors (Lipinski definition) is 4. The quantitative estimate of drug-likeness (QED) is 0.597. The van der Waals surface area contributed by atoms with Gasteiger partial charge in [-0.1, -0.05) is 6.92 Å². The first-order valence-corrected chi connectivity index (χ1v) is 7.73. The Balaban J connectivity index is 2.40. The average Bonchev–Trinajstić information content (AvgIpc) is 3.18. The van der Waals surface area contributed by atoms with Crippen molar-refractivity contribution in [1.82, 2.24) is 10.2 Å². The van der Waals surface area contributed by atoms with E-state index in [2.05, 4.69) is 24.1 Å². The second-order valence-electron chi connectivity index (χ2n) is 6.15. The fraction of sp³-hybridized carbons (Fsp3) is 0.933. The second-order valence-corrected chi connectivity index (χ2v) is 6.15. The molecule has 0 aromatic heterocycles. The summed E-state index contributed by atoms with van der Waals surface area (Å²) >= 11 is 0. The van der Waals surface area contributed by atoms with E-state index in [1.807, 2.05) is 6.92 Å². The Bertz CT molecular complexity index is 307. The maximum atomic E-state index is 11.7. The number of primary amides is 1. The maximum absolute atomic E-state index is 11.7. The smallest absolute Gasteiger partial charge is 0.237 e. The highest BCUT2D eigenvalue weighted by Gasteiger charge is 2.36. The van der Waals surface area contributed by atoms with Crippen molar-refractivity contribution in [2.24, 2.45) is 5.73 Å². The zero-order valence-corrected chi connectivity index (χ0v) is 13.4. The van der Waals surface area contributed by atoms with Crippen molar-refractivity contribution in [3.8, 4) is 0 Å². The molecule has 0 saturated heterocycles. The van der Waals surface area contributed by atoms with Gasteiger partial charge in [0.15, 0.2) is 0 Å². The molecule has 0 spiro atoms. The zero-order chi connectivity index (χ0) is 15.2. The molecule has 0 aromatic carbocycles. The topological polar surface area (TPSA) is 67.6 Å². The minimum atomic E-state index is -0.564. The van der Waals surface area contributed by atoms with Crippen LogP contribution < -0.4 is 11.1 Å². The first kappa shape index (κ1) is 17.4. The molecule has 0 bridgehead atoms. The third-order valence-electron chi connectivity index (χ3n) is 4.20. The van der Waals surface area contributed by atoms with Crippen LogP contribution in [0.2, 0.25) is 0 Å². The fourth-order valence-electron chi connectivity index (χ4n) is 2.62. The van der Waals surface area contributed by atoms with Crippen molar-refractivity contribution in [2.45, 2.75) is 64.1 Å². The SMILES string of the molecule is CCN(CCCC(C)(NC1CC1)C(N)=O)C(C)COC. The number of amides is 1. The third-order valence-corrected chi connectivity index (χ3v) is 4.20. The number of hydrogen-bond donors (Lipinski definition) is 2. The molecule has 118 valence electrons. The molecule has 1 amide bonds. The molecule has 2 atom stereocenters. The second kappa shape index (κ2) is 7.96. The van der Waals surface area contributed by atoms with Gasteiger partial charge in [-0.2, -0.15) is 0 Å². The van der Waals surface area contributed by atoms with Crippen molar-refractivity contribution in [1.29, 1.82) is 0 Å². The van der Waals surface area contributed by atoms with Crippen LogP contribution in [0.25, 0.3) is 0 Å². The molecule has 0 aromatic rings. The monoisotopic (exact) mass is 285 g/mol. The van der Waals surface area contributed by atoms with Gasteiger partial charge in [0.2, 0.25) is 5.91 Å². The van der Waals surface area contributed by atoms with Crippen LogP contribution in [0.5, 0.6) is 0 Å². The number of carbonyl (C=O) groups is 1. The van der Waals surface area contributed by atoms with Gasteiger partial charge in [-0.3, -0.25) is 9.69 Å². The van der Waals surface area contributed by atoms with E-state index in [1.165, 1.54) is 0 Å². The minimum absolute atomic E-state index is 0.239. The van der Waals surface area contributed by atoms with E-state index in [4.69, 9.17) is 10.5 Å². The van der Waals surface area contributed by atoms with Gasteiger partial charge in [0.05, 0.1) is 12.1 Å². The summed E-state index contributed by atoms with van der Waals surface area (Å²) in [6.45, 7) is 8.96. The molecule has 1 aliphatic carbocycles. The predicted molar refractivity (Wildman–Crippen MR) is 81.6 cm³/mol. The molecule has 5 nitrogen and oxygen atoms in total. The largest absolute Gasteiger partial charge is 0.383 e. The number of rotatable bonds is 11. The Morgan fingerprint density at radius 3 is 2.65 bits per heavy atom. The molecule has 2 unspecified atom stereocenters. The van der Waals surface area contributed by atoms with Crippen LogP contribution in [-0.4, -0.2) is 55.2 Å². The highest BCUT2D eigenvalue weighted by Crippen LogP contribution is 2.24. The normalized spacial score (nSPS) is 19.9. The summed E-state index contributed by atoms with van der Waals surface area (Å²) < 4.78 is 5.20. The van der Waals surface area contributed by atoms with Gasteiger partial charge >= 0.3 is 0 Å². The molecule has 1 saturated carbocycles. The van der Waals surface area contributed by atoms with Gasteiger partial charge in [-0.25, -0.2) is 0 Å². The lowest BCUT2D eigenvalue weighted by Gasteiger charge is -2.31. The van der Waals surface area contributed by atoms with Crippen LogP contribution in [0.15, 0.2) is 0 Å². The van der Waals surface area contributed by atoms with E-state index >= 15 is 0 Å².